The Morgan fingerprint density at radius 1 is 1.13 bits per heavy atom. The minimum absolute atomic E-state index is 0.331. The highest BCUT2D eigenvalue weighted by atomic mass is 16.5. The summed E-state index contributed by atoms with van der Waals surface area (Å²) in [5.41, 5.74) is 1.46. The molecule has 3 aromatic rings. The van der Waals surface area contributed by atoms with Crippen LogP contribution in [0.4, 0.5) is 0 Å². The van der Waals surface area contributed by atoms with E-state index in [1.54, 1.807) is 18.2 Å². The molecule has 0 radical (unpaired) electrons. The molecule has 2 aromatic carbocycles. The predicted octanol–water partition coefficient (Wildman–Crippen LogP) is 3.60. The Morgan fingerprint density at radius 2 is 1.87 bits per heavy atom. The van der Waals surface area contributed by atoms with Crippen molar-refractivity contribution >= 4 is 22.8 Å². The monoisotopic (exact) mass is 409 g/mol. The first-order valence-corrected chi connectivity index (χ1v) is 9.72. The summed E-state index contributed by atoms with van der Waals surface area (Å²) in [5, 5.41) is 12.4. The van der Waals surface area contributed by atoms with Crippen molar-refractivity contribution in [1.29, 1.82) is 0 Å². The van der Waals surface area contributed by atoms with Crippen LogP contribution in [-0.4, -0.2) is 29.1 Å². The van der Waals surface area contributed by atoms with Crippen LogP contribution < -0.4 is 15.7 Å². The van der Waals surface area contributed by atoms with Gasteiger partial charge in [-0.1, -0.05) is 43.7 Å². The lowest BCUT2D eigenvalue weighted by molar-refractivity contribution is -0.143. The number of benzene rings is 2. The van der Waals surface area contributed by atoms with E-state index in [4.69, 9.17) is 9.15 Å². The number of ether oxygens (including phenoxy) is 1. The molecular weight excluding hydrogens is 386 g/mol. The summed E-state index contributed by atoms with van der Waals surface area (Å²) >= 11 is 0. The smallest absolute Gasteiger partial charge is 0.336 e. The van der Waals surface area contributed by atoms with Gasteiger partial charge >= 0.3 is 11.6 Å². The van der Waals surface area contributed by atoms with Crippen molar-refractivity contribution in [3.05, 3.63) is 65.0 Å². The third kappa shape index (κ3) is 4.86. The average molecular weight is 409 g/mol. The van der Waals surface area contributed by atoms with Crippen LogP contribution in [0.15, 0.2) is 63.8 Å². The van der Waals surface area contributed by atoms with Crippen LogP contribution in [0.2, 0.25) is 0 Å². The third-order valence-electron chi connectivity index (χ3n) is 4.67. The molecule has 2 atom stereocenters. The molecule has 1 aromatic heterocycles. The fraction of sp³-hybridized carbons (Fsp3) is 0.261. The van der Waals surface area contributed by atoms with Gasteiger partial charge in [0.05, 0.1) is 0 Å². The number of amides is 1. The number of aliphatic carboxylic acids is 1. The van der Waals surface area contributed by atoms with E-state index in [1.165, 1.54) is 13.0 Å². The second kappa shape index (κ2) is 9.26. The molecule has 7 heteroatoms. The minimum Gasteiger partial charge on any atom is -0.481 e. The molecule has 3 rings (SSSR count). The van der Waals surface area contributed by atoms with Crippen molar-refractivity contribution in [1.82, 2.24) is 5.32 Å². The molecular formula is C23H23NO6. The largest absolute Gasteiger partial charge is 0.481 e. The Bertz CT molecular complexity index is 1110. The first-order chi connectivity index (χ1) is 14.4. The van der Waals surface area contributed by atoms with Crippen LogP contribution in [0, 0.1) is 0 Å². The highest BCUT2D eigenvalue weighted by Crippen LogP contribution is 2.29. The van der Waals surface area contributed by atoms with Gasteiger partial charge in [0, 0.05) is 17.5 Å². The summed E-state index contributed by atoms with van der Waals surface area (Å²) in [6.07, 6.45) is 0.0297. The minimum atomic E-state index is -1.08. The maximum atomic E-state index is 12.3. The average Bonchev–Trinajstić information content (AvgIpc) is 2.73. The lowest BCUT2D eigenvalue weighted by Crippen LogP contribution is -2.46. The summed E-state index contributed by atoms with van der Waals surface area (Å²) in [7, 11) is 0. The highest BCUT2D eigenvalue weighted by molar-refractivity contribution is 5.94. The fourth-order valence-electron chi connectivity index (χ4n) is 3.17. The molecule has 1 amide bonds. The third-order valence-corrected chi connectivity index (χ3v) is 4.67. The molecule has 0 bridgehead atoms. The van der Waals surface area contributed by atoms with Crippen molar-refractivity contribution in [2.24, 2.45) is 0 Å². The molecule has 0 spiro atoms. The Morgan fingerprint density at radius 3 is 2.53 bits per heavy atom. The zero-order valence-electron chi connectivity index (χ0n) is 16.8. The van der Waals surface area contributed by atoms with Crippen molar-refractivity contribution in [2.45, 2.75) is 38.8 Å². The standard InChI is InChI=1S/C23H23NO6/c1-3-7-19(23(27)28)24-22(26)14(2)29-16-10-11-17-18(15-8-5-4-6-9-15)13-21(25)30-20(17)12-16/h4-6,8-14,19H,3,7H2,1-2H3,(H,24,26)(H,27,28)/t14-,19-/m0/s1. The van der Waals surface area contributed by atoms with Crippen LogP contribution in [0.3, 0.4) is 0 Å². The summed E-state index contributed by atoms with van der Waals surface area (Å²) in [6, 6.07) is 14.9. The van der Waals surface area contributed by atoms with Crippen LogP contribution >= 0.6 is 0 Å². The second-order valence-electron chi connectivity index (χ2n) is 6.95. The van der Waals surface area contributed by atoms with Crippen LogP contribution in [0.25, 0.3) is 22.1 Å². The molecule has 0 saturated heterocycles. The summed E-state index contributed by atoms with van der Waals surface area (Å²) < 4.78 is 11.0. The van der Waals surface area contributed by atoms with Crippen LogP contribution in [-0.2, 0) is 9.59 Å². The molecule has 1 heterocycles. The molecule has 0 aliphatic carbocycles. The first-order valence-electron chi connectivity index (χ1n) is 9.72. The van der Waals surface area contributed by atoms with Crippen LogP contribution in [0.5, 0.6) is 5.75 Å². The maximum Gasteiger partial charge on any atom is 0.336 e. The van der Waals surface area contributed by atoms with Gasteiger partial charge in [0.15, 0.2) is 6.10 Å². The van der Waals surface area contributed by atoms with Crippen LogP contribution in [0.1, 0.15) is 26.7 Å². The molecule has 0 aliphatic rings. The van der Waals surface area contributed by atoms with E-state index >= 15 is 0 Å². The highest BCUT2D eigenvalue weighted by Gasteiger charge is 2.23. The van der Waals surface area contributed by atoms with Gasteiger partial charge in [-0.05, 0) is 36.6 Å². The number of hydrogen-bond acceptors (Lipinski definition) is 5. The number of carbonyl (C=O) groups is 2. The molecule has 156 valence electrons. The van der Waals surface area contributed by atoms with E-state index in [1.807, 2.05) is 37.3 Å². The molecule has 0 fully saturated rings. The van der Waals surface area contributed by atoms with E-state index in [2.05, 4.69) is 5.32 Å². The second-order valence-corrected chi connectivity index (χ2v) is 6.95. The van der Waals surface area contributed by atoms with E-state index in [-0.39, 0.29) is 0 Å². The molecule has 0 unspecified atom stereocenters. The number of carbonyl (C=O) groups excluding carboxylic acids is 1. The SMILES string of the molecule is CCC[C@H](NC(=O)[C@H](C)Oc1ccc2c(-c3ccccc3)cc(=O)oc2c1)C(=O)O. The van der Waals surface area contributed by atoms with Gasteiger partial charge in [-0.2, -0.15) is 0 Å². The molecule has 0 aliphatic heterocycles. The zero-order chi connectivity index (χ0) is 21.7. The number of rotatable bonds is 8. The van der Waals surface area contributed by atoms with Crippen molar-refractivity contribution in [3.8, 4) is 16.9 Å². The molecule has 30 heavy (non-hydrogen) atoms. The quantitative estimate of drug-likeness (QED) is 0.551. The number of nitrogens with one attached hydrogen (secondary N) is 1. The zero-order valence-corrected chi connectivity index (χ0v) is 16.8. The van der Waals surface area contributed by atoms with Crippen molar-refractivity contribution < 1.29 is 23.8 Å². The van der Waals surface area contributed by atoms with Crippen molar-refractivity contribution in [3.63, 3.8) is 0 Å². The van der Waals surface area contributed by atoms with E-state index in [0.717, 1.165) is 16.5 Å². The van der Waals surface area contributed by atoms with Crippen molar-refractivity contribution in [2.75, 3.05) is 0 Å². The van der Waals surface area contributed by atoms with E-state index in [0.29, 0.717) is 24.2 Å². The summed E-state index contributed by atoms with van der Waals surface area (Å²) in [6.45, 7) is 3.37. The Hall–Kier alpha value is -3.61. The van der Waals surface area contributed by atoms with Gasteiger partial charge in [0.2, 0.25) is 0 Å². The number of carboxylic acid groups (broad SMARTS) is 1. The first kappa shape index (κ1) is 21.1. The Kier molecular flexibility index (Phi) is 6.51. The topological polar surface area (TPSA) is 106 Å². The van der Waals surface area contributed by atoms with E-state index < -0.39 is 29.6 Å². The summed E-state index contributed by atoms with van der Waals surface area (Å²) in [5.74, 6) is -1.28. The van der Waals surface area contributed by atoms with Gasteiger partial charge in [0.25, 0.3) is 5.91 Å². The molecule has 2 N–H and O–H groups in total. The Labute approximate surface area is 173 Å². The van der Waals surface area contributed by atoms with E-state index in [9.17, 15) is 19.5 Å². The van der Waals surface area contributed by atoms with Gasteiger partial charge in [-0.3, -0.25) is 4.79 Å². The normalized spacial score (nSPS) is 12.9. The lowest BCUT2D eigenvalue weighted by Gasteiger charge is -2.18. The van der Waals surface area contributed by atoms with Gasteiger partial charge in [-0.15, -0.1) is 0 Å². The van der Waals surface area contributed by atoms with Gasteiger partial charge < -0.3 is 19.6 Å². The maximum absolute atomic E-state index is 12.3. The number of fused-ring (bicyclic) bond motifs is 1. The lowest BCUT2D eigenvalue weighted by atomic mass is 10.0. The summed E-state index contributed by atoms with van der Waals surface area (Å²) in [4.78, 5) is 35.6. The predicted molar refractivity (Wildman–Crippen MR) is 112 cm³/mol. The number of carboxylic acids is 1. The molecule has 7 nitrogen and oxygen atoms in total. The Balaban J connectivity index is 1.83. The molecule has 0 saturated carbocycles. The fourth-order valence-corrected chi connectivity index (χ4v) is 3.17. The number of hydrogen-bond donors (Lipinski definition) is 2. The van der Waals surface area contributed by atoms with Gasteiger partial charge in [-0.25, -0.2) is 9.59 Å². The van der Waals surface area contributed by atoms with Gasteiger partial charge in [0.1, 0.15) is 17.4 Å².